The van der Waals surface area contributed by atoms with Crippen LogP contribution in [0.3, 0.4) is 0 Å². The lowest BCUT2D eigenvalue weighted by Gasteiger charge is -2.16. The molecular formula is C21H20N4O2. The largest absolute Gasteiger partial charge is 0.351 e. The van der Waals surface area contributed by atoms with Gasteiger partial charge in [0.2, 0.25) is 5.91 Å². The van der Waals surface area contributed by atoms with Crippen LogP contribution in [0.5, 0.6) is 0 Å². The van der Waals surface area contributed by atoms with E-state index in [9.17, 15) is 9.59 Å². The first-order chi connectivity index (χ1) is 13.2. The summed E-state index contributed by atoms with van der Waals surface area (Å²) in [6.07, 6.45) is 2.93. The smallest absolute Gasteiger partial charge is 0.310 e. The fourth-order valence-electron chi connectivity index (χ4n) is 3.76. The molecular weight excluding hydrogens is 340 g/mol. The van der Waals surface area contributed by atoms with Crippen molar-refractivity contribution in [1.29, 1.82) is 0 Å². The van der Waals surface area contributed by atoms with Crippen molar-refractivity contribution in [1.82, 2.24) is 14.3 Å². The lowest BCUT2D eigenvalue weighted by atomic mass is 10.2. The van der Waals surface area contributed by atoms with Crippen molar-refractivity contribution >= 4 is 11.6 Å². The number of aromatic nitrogens is 3. The van der Waals surface area contributed by atoms with Crippen molar-refractivity contribution in [2.24, 2.45) is 0 Å². The summed E-state index contributed by atoms with van der Waals surface area (Å²) in [6.45, 7) is 0.620. The van der Waals surface area contributed by atoms with E-state index in [-0.39, 0.29) is 18.1 Å². The first-order valence-corrected chi connectivity index (χ1v) is 9.36. The average Bonchev–Trinajstić information content (AvgIpc) is 3.37. The Morgan fingerprint density at radius 3 is 2.56 bits per heavy atom. The van der Waals surface area contributed by atoms with Crippen molar-refractivity contribution in [2.75, 3.05) is 11.4 Å². The van der Waals surface area contributed by atoms with E-state index >= 15 is 0 Å². The summed E-state index contributed by atoms with van der Waals surface area (Å²) < 4.78 is 2.98. The molecule has 2 aliphatic rings. The summed E-state index contributed by atoms with van der Waals surface area (Å²) in [4.78, 5) is 27.7. The molecule has 2 aromatic carbocycles. The number of amides is 1. The number of rotatable bonds is 4. The van der Waals surface area contributed by atoms with Gasteiger partial charge in [-0.1, -0.05) is 36.4 Å². The van der Waals surface area contributed by atoms with Gasteiger partial charge >= 0.3 is 5.69 Å². The quantitative estimate of drug-likeness (QED) is 0.718. The predicted octanol–water partition coefficient (Wildman–Crippen LogP) is 2.50. The Bertz CT molecular complexity index is 1060. The van der Waals surface area contributed by atoms with Crippen LogP contribution in [0, 0.1) is 0 Å². The zero-order valence-corrected chi connectivity index (χ0v) is 14.9. The van der Waals surface area contributed by atoms with Crippen LogP contribution in [-0.2, 0) is 17.8 Å². The van der Waals surface area contributed by atoms with Crippen LogP contribution in [-0.4, -0.2) is 26.8 Å². The van der Waals surface area contributed by atoms with E-state index < -0.39 is 0 Å². The maximum Gasteiger partial charge on any atom is 0.351 e. The zero-order chi connectivity index (χ0) is 18.4. The van der Waals surface area contributed by atoms with Crippen molar-refractivity contribution in [3.63, 3.8) is 0 Å². The molecule has 1 aromatic heterocycles. The van der Waals surface area contributed by atoms with Crippen LogP contribution in [0.25, 0.3) is 5.69 Å². The minimum absolute atomic E-state index is 0.0350. The molecule has 136 valence electrons. The highest BCUT2D eigenvalue weighted by Crippen LogP contribution is 2.39. The Kier molecular flexibility index (Phi) is 3.70. The molecule has 1 amide bonds. The highest BCUT2D eigenvalue weighted by molar-refractivity contribution is 5.95. The fourth-order valence-corrected chi connectivity index (χ4v) is 3.76. The van der Waals surface area contributed by atoms with Gasteiger partial charge in [-0.05, 0) is 43.0 Å². The number of fused-ring (bicyclic) bond motifs is 1. The maximum absolute atomic E-state index is 13.0. The van der Waals surface area contributed by atoms with Crippen LogP contribution < -0.4 is 10.6 Å². The molecule has 0 spiro atoms. The van der Waals surface area contributed by atoms with E-state index in [0.717, 1.165) is 36.5 Å². The first-order valence-electron chi connectivity index (χ1n) is 9.36. The van der Waals surface area contributed by atoms with Crippen LogP contribution in [0.4, 0.5) is 5.69 Å². The van der Waals surface area contributed by atoms with Gasteiger partial charge in [-0.15, -0.1) is 0 Å². The third-order valence-corrected chi connectivity index (χ3v) is 5.29. The highest BCUT2D eigenvalue weighted by Gasteiger charge is 2.32. The van der Waals surface area contributed by atoms with Crippen molar-refractivity contribution in [2.45, 2.75) is 31.7 Å². The normalized spacial score (nSPS) is 15.8. The molecule has 1 fully saturated rings. The summed E-state index contributed by atoms with van der Waals surface area (Å²) in [7, 11) is 0. The van der Waals surface area contributed by atoms with Crippen LogP contribution in [0.1, 0.15) is 30.1 Å². The van der Waals surface area contributed by atoms with E-state index in [2.05, 4.69) is 5.10 Å². The minimum atomic E-state index is -0.246. The van der Waals surface area contributed by atoms with Crippen molar-refractivity contribution < 1.29 is 4.79 Å². The summed E-state index contributed by atoms with van der Waals surface area (Å²) >= 11 is 0. The summed E-state index contributed by atoms with van der Waals surface area (Å²) in [5.41, 5.74) is 2.67. The molecule has 1 aliphatic carbocycles. The fraction of sp³-hybridized carbons (Fsp3) is 0.286. The molecule has 0 saturated heterocycles. The molecule has 1 saturated carbocycles. The Balaban J connectivity index is 1.48. The lowest BCUT2D eigenvalue weighted by Crippen LogP contribution is -2.36. The molecule has 0 atom stereocenters. The van der Waals surface area contributed by atoms with E-state index in [0.29, 0.717) is 12.5 Å². The van der Waals surface area contributed by atoms with E-state index in [1.807, 2.05) is 54.6 Å². The molecule has 3 aromatic rings. The number of hydrogen-bond acceptors (Lipinski definition) is 3. The standard InChI is InChI=1S/C21H20N4O2/c26-19(23-13-12-15-6-4-5-9-18(15)23)14-24-21(27)25(17-7-2-1-3-8-17)20(22-24)16-10-11-16/h1-9,16H,10-14H2. The van der Waals surface area contributed by atoms with Crippen LogP contribution in [0.15, 0.2) is 59.4 Å². The molecule has 0 bridgehead atoms. The third-order valence-electron chi connectivity index (χ3n) is 5.29. The second-order valence-electron chi connectivity index (χ2n) is 7.17. The second kappa shape index (κ2) is 6.23. The van der Waals surface area contributed by atoms with E-state index in [4.69, 9.17) is 0 Å². The van der Waals surface area contributed by atoms with E-state index in [1.165, 1.54) is 10.2 Å². The summed E-state index contributed by atoms with van der Waals surface area (Å²) in [6, 6.07) is 17.5. The predicted molar refractivity (Wildman–Crippen MR) is 102 cm³/mol. The molecule has 0 unspecified atom stereocenters. The maximum atomic E-state index is 13.0. The minimum Gasteiger partial charge on any atom is -0.310 e. The summed E-state index contributed by atoms with van der Waals surface area (Å²) in [5.74, 6) is 0.977. The molecule has 1 aliphatic heterocycles. The topological polar surface area (TPSA) is 60.1 Å². The van der Waals surface area contributed by atoms with Gasteiger partial charge in [-0.2, -0.15) is 5.10 Å². The zero-order valence-electron chi connectivity index (χ0n) is 14.9. The Morgan fingerprint density at radius 2 is 1.78 bits per heavy atom. The highest BCUT2D eigenvalue weighted by atomic mass is 16.2. The van der Waals surface area contributed by atoms with Gasteiger partial charge in [0.15, 0.2) is 0 Å². The van der Waals surface area contributed by atoms with Gasteiger partial charge in [0.1, 0.15) is 12.4 Å². The molecule has 0 N–H and O–H groups in total. The van der Waals surface area contributed by atoms with Gasteiger partial charge in [-0.3, -0.25) is 4.79 Å². The van der Waals surface area contributed by atoms with Crippen LogP contribution in [0.2, 0.25) is 0 Å². The van der Waals surface area contributed by atoms with Crippen molar-refractivity contribution in [3.05, 3.63) is 76.5 Å². The number of nitrogens with zero attached hydrogens (tertiary/aromatic N) is 4. The molecule has 2 heterocycles. The number of para-hydroxylation sites is 2. The van der Waals surface area contributed by atoms with Crippen LogP contribution >= 0.6 is 0 Å². The average molecular weight is 360 g/mol. The van der Waals surface area contributed by atoms with Gasteiger partial charge < -0.3 is 4.90 Å². The SMILES string of the molecule is O=C(Cn1nc(C2CC2)n(-c2ccccc2)c1=O)N1CCc2ccccc21. The number of benzene rings is 2. The summed E-state index contributed by atoms with van der Waals surface area (Å²) in [5, 5.41) is 4.54. The monoisotopic (exact) mass is 360 g/mol. The Hall–Kier alpha value is -3.15. The molecule has 6 heteroatoms. The molecule has 0 radical (unpaired) electrons. The molecule has 5 rings (SSSR count). The van der Waals surface area contributed by atoms with Gasteiger partial charge in [0.05, 0.1) is 5.69 Å². The third kappa shape index (κ3) is 2.77. The van der Waals surface area contributed by atoms with Crippen molar-refractivity contribution in [3.8, 4) is 5.69 Å². The second-order valence-corrected chi connectivity index (χ2v) is 7.17. The van der Waals surface area contributed by atoms with Gasteiger partial charge in [-0.25, -0.2) is 14.0 Å². The Morgan fingerprint density at radius 1 is 1.04 bits per heavy atom. The number of carbonyl (C=O) groups excluding carboxylic acids is 1. The lowest BCUT2D eigenvalue weighted by molar-refractivity contribution is -0.119. The van der Waals surface area contributed by atoms with E-state index in [1.54, 1.807) is 9.47 Å². The van der Waals surface area contributed by atoms with Gasteiger partial charge in [0, 0.05) is 18.2 Å². The number of carbonyl (C=O) groups is 1. The van der Waals surface area contributed by atoms with Gasteiger partial charge in [0.25, 0.3) is 0 Å². The molecule has 27 heavy (non-hydrogen) atoms. The number of anilines is 1. The first kappa shape index (κ1) is 16.1. The number of hydrogen-bond donors (Lipinski definition) is 0. The Labute approximate surface area is 156 Å². The molecule has 6 nitrogen and oxygen atoms in total.